The Labute approximate surface area is 109 Å². The van der Waals surface area contributed by atoms with Crippen molar-refractivity contribution < 1.29 is 8.78 Å². The van der Waals surface area contributed by atoms with E-state index in [1.807, 2.05) is 0 Å². The number of benzene rings is 1. The van der Waals surface area contributed by atoms with Gasteiger partial charge in [0, 0.05) is 17.8 Å². The zero-order chi connectivity index (χ0) is 11.8. The molecule has 1 aliphatic heterocycles. The third-order valence-electron chi connectivity index (χ3n) is 3.37. The lowest BCUT2D eigenvalue weighted by Gasteiger charge is -2.27. The molecule has 2 N–H and O–H groups in total. The van der Waals surface area contributed by atoms with Crippen molar-refractivity contribution in [2.75, 3.05) is 13.1 Å². The minimum atomic E-state index is -1.03. The number of H-pyrrole nitrogens is 1. The molecule has 0 aliphatic carbocycles. The van der Waals surface area contributed by atoms with Gasteiger partial charge in [-0.1, -0.05) is 0 Å². The molecule has 2 aromatic rings. The molecule has 2 heterocycles. The largest absolute Gasteiger partial charge is 0.314 e. The molecule has 0 radical (unpaired) electrons. The molecule has 0 amide bonds. The van der Waals surface area contributed by atoms with Crippen molar-refractivity contribution in [2.45, 2.75) is 18.5 Å². The highest BCUT2D eigenvalue weighted by Gasteiger charge is 2.28. The number of hydrogen-bond acceptors (Lipinski definition) is 2. The summed E-state index contributed by atoms with van der Waals surface area (Å²) in [6.07, 6.45) is 1.16. The Kier molecular flexibility index (Phi) is 3.82. The van der Waals surface area contributed by atoms with Crippen molar-refractivity contribution in [3.05, 3.63) is 29.7 Å². The number of nitrogens with zero attached hydrogens (tertiary/aromatic N) is 1. The maximum atomic E-state index is 13.9. The molecular formula is C12H14ClF2N3. The van der Waals surface area contributed by atoms with Gasteiger partial charge in [-0.3, -0.25) is 5.10 Å². The van der Waals surface area contributed by atoms with Gasteiger partial charge < -0.3 is 5.32 Å². The van der Waals surface area contributed by atoms with Crippen molar-refractivity contribution in [1.82, 2.24) is 15.5 Å². The molecule has 0 saturated carbocycles. The number of piperidine rings is 1. The molecule has 3 rings (SSSR count). The first-order valence-corrected chi connectivity index (χ1v) is 5.73. The average Bonchev–Trinajstić information content (AvgIpc) is 2.76. The van der Waals surface area contributed by atoms with E-state index in [-0.39, 0.29) is 24.1 Å². The fourth-order valence-electron chi connectivity index (χ4n) is 2.44. The van der Waals surface area contributed by atoms with Gasteiger partial charge in [0.15, 0.2) is 0 Å². The Hall–Kier alpha value is -1.20. The van der Waals surface area contributed by atoms with Gasteiger partial charge in [0.25, 0.3) is 0 Å². The summed E-state index contributed by atoms with van der Waals surface area (Å²) in [7, 11) is 0. The topological polar surface area (TPSA) is 40.7 Å². The van der Waals surface area contributed by atoms with E-state index in [2.05, 4.69) is 15.5 Å². The molecule has 6 heteroatoms. The summed E-state index contributed by atoms with van der Waals surface area (Å²) in [5.74, 6) is -0.697. The highest BCUT2D eigenvalue weighted by Crippen LogP contribution is 2.31. The van der Waals surface area contributed by atoms with Gasteiger partial charge in [-0.25, -0.2) is 8.78 Å². The minimum Gasteiger partial charge on any atom is -0.314 e. The number of fused-ring (bicyclic) bond motifs is 1. The van der Waals surface area contributed by atoms with Gasteiger partial charge in [-0.05, 0) is 30.7 Å². The molecule has 2 atom stereocenters. The summed E-state index contributed by atoms with van der Waals surface area (Å²) in [4.78, 5) is 0. The van der Waals surface area contributed by atoms with Crippen LogP contribution in [0.5, 0.6) is 0 Å². The van der Waals surface area contributed by atoms with Crippen LogP contribution in [0.15, 0.2) is 18.3 Å². The normalized spacial score (nSPS) is 23.9. The standard InChI is InChI=1S/C12H13F2N3.ClH/c13-10-3-7-5-16-17-12(7)4-9(10)8-1-2-15-6-11(8)14;/h3-5,8,11,15H,1-2,6H2,(H,16,17);1H/t8-,11-;/m1./s1. The Morgan fingerprint density at radius 2 is 2.17 bits per heavy atom. The van der Waals surface area contributed by atoms with Crippen molar-refractivity contribution >= 4 is 23.3 Å². The Balaban J connectivity index is 0.00000120. The van der Waals surface area contributed by atoms with Crippen LogP contribution in [0.1, 0.15) is 17.9 Å². The molecule has 1 fully saturated rings. The molecule has 3 nitrogen and oxygen atoms in total. The van der Waals surface area contributed by atoms with E-state index in [0.29, 0.717) is 18.5 Å². The summed E-state index contributed by atoms with van der Waals surface area (Å²) in [6, 6.07) is 3.10. The van der Waals surface area contributed by atoms with Crippen LogP contribution in [0.4, 0.5) is 8.78 Å². The zero-order valence-corrected chi connectivity index (χ0v) is 10.4. The molecule has 1 aromatic carbocycles. The van der Waals surface area contributed by atoms with Crippen LogP contribution in [0.25, 0.3) is 10.9 Å². The van der Waals surface area contributed by atoms with Crippen molar-refractivity contribution in [1.29, 1.82) is 0 Å². The zero-order valence-electron chi connectivity index (χ0n) is 9.62. The van der Waals surface area contributed by atoms with Crippen LogP contribution >= 0.6 is 12.4 Å². The molecule has 18 heavy (non-hydrogen) atoms. The van der Waals surface area contributed by atoms with Crippen LogP contribution in [-0.4, -0.2) is 29.5 Å². The monoisotopic (exact) mass is 273 g/mol. The third kappa shape index (κ3) is 2.20. The Bertz CT molecular complexity index is 543. The number of alkyl halides is 1. The van der Waals surface area contributed by atoms with E-state index >= 15 is 0 Å². The number of aromatic amines is 1. The van der Waals surface area contributed by atoms with Gasteiger partial charge >= 0.3 is 0 Å². The van der Waals surface area contributed by atoms with E-state index in [4.69, 9.17) is 0 Å². The van der Waals surface area contributed by atoms with Crippen LogP contribution in [0, 0.1) is 5.82 Å². The first-order chi connectivity index (χ1) is 8.25. The second-order valence-corrected chi connectivity index (χ2v) is 4.45. The molecule has 1 aliphatic rings. The Morgan fingerprint density at radius 3 is 2.94 bits per heavy atom. The van der Waals surface area contributed by atoms with Gasteiger partial charge in [-0.15, -0.1) is 12.4 Å². The maximum absolute atomic E-state index is 13.9. The van der Waals surface area contributed by atoms with E-state index in [1.165, 1.54) is 6.07 Å². The lowest BCUT2D eigenvalue weighted by atomic mass is 9.88. The van der Waals surface area contributed by atoms with Crippen molar-refractivity contribution in [3.8, 4) is 0 Å². The van der Waals surface area contributed by atoms with Crippen molar-refractivity contribution in [3.63, 3.8) is 0 Å². The fourth-order valence-corrected chi connectivity index (χ4v) is 2.44. The van der Waals surface area contributed by atoms with Gasteiger partial charge in [0.1, 0.15) is 12.0 Å². The summed E-state index contributed by atoms with van der Waals surface area (Å²) in [5, 5.41) is 10.3. The van der Waals surface area contributed by atoms with E-state index in [0.717, 1.165) is 17.4 Å². The molecular weight excluding hydrogens is 260 g/mol. The van der Waals surface area contributed by atoms with E-state index in [9.17, 15) is 8.78 Å². The van der Waals surface area contributed by atoms with Crippen LogP contribution in [0.2, 0.25) is 0 Å². The molecule has 0 bridgehead atoms. The van der Waals surface area contributed by atoms with Gasteiger partial charge in [-0.2, -0.15) is 5.10 Å². The average molecular weight is 274 g/mol. The minimum absolute atomic E-state index is 0. The third-order valence-corrected chi connectivity index (χ3v) is 3.37. The molecule has 0 spiro atoms. The molecule has 1 aromatic heterocycles. The number of halogens is 3. The summed E-state index contributed by atoms with van der Waals surface area (Å²) < 4.78 is 27.7. The van der Waals surface area contributed by atoms with Crippen LogP contribution in [-0.2, 0) is 0 Å². The lowest BCUT2D eigenvalue weighted by molar-refractivity contribution is 0.228. The van der Waals surface area contributed by atoms with Crippen LogP contribution < -0.4 is 5.32 Å². The fraction of sp³-hybridized carbons (Fsp3) is 0.417. The number of rotatable bonds is 1. The highest BCUT2D eigenvalue weighted by atomic mass is 35.5. The summed E-state index contributed by atoms with van der Waals surface area (Å²) in [5.41, 5.74) is 1.21. The molecule has 98 valence electrons. The molecule has 1 saturated heterocycles. The van der Waals surface area contributed by atoms with Gasteiger partial charge in [0.05, 0.1) is 11.7 Å². The predicted molar refractivity (Wildman–Crippen MR) is 68.4 cm³/mol. The van der Waals surface area contributed by atoms with E-state index < -0.39 is 6.17 Å². The summed E-state index contributed by atoms with van der Waals surface area (Å²) in [6.45, 7) is 1.02. The second-order valence-electron chi connectivity index (χ2n) is 4.45. The number of nitrogens with one attached hydrogen (secondary N) is 2. The number of hydrogen-bond donors (Lipinski definition) is 2. The van der Waals surface area contributed by atoms with E-state index in [1.54, 1.807) is 12.3 Å². The predicted octanol–water partition coefficient (Wildman–Crippen LogP) is 2.54. The molecule has 0 unspecified atom stereocenters. The van der Waals surface area contributed by atoms with Crippen LogP contribution in [0.3, 0.4) is 0 Å². The lowest BCUT2D eigenvalue weighted by Crippen LogP contribution is -2.37. The first kappa shape index (κ1) is 13.2. The highest BCUT2D eigenvalue weighted by molar-refractivity contribution is 5.85. The van der Waals surface area contributed by atoms with Crippen molar-refractivity contribution in [2.24, 2.45) is 0 Å². The first-order valence-electron chi connectivity index (χ1n) is 5.73. The summed E-state index contributed by atoms with van der Waals surface area (Å²) >= 11 is 0. The van der Waals surface area contributed by atoms with Gasteiger partial charge in [0.2, 0.25) is 0 Å². The Morgan fingerprint density at radius 1 is 1.33 bits per heavy atom. The number of aromatic nitrogens is 2. The SMILES string of the molecule is Cl.Fc1cc2cn[nH]c2cc1[C@H]1CCNC[C@H]1F. The second kappa shape index (κ2) is 5.20. The smallest absolute Gasteiger partial charge is 0.127 e. The quantitative estimate of drug-likeness (QED) is 0.838. The maximum Gasteiger partial charge on any atom is 0.127 e.